The van der Waals surface area contributed by atoms with E-state index in [1.54, 1.807) is 0 Å². The fraction of sp³-hybridized carbons (Fsp3) is 0.679. The molecule has 1 rings (SSSR count). The van der Waals surface area contributed by atoms with Gasteiger partial charge in [-0.3, -0.25) is 9.59 Å². The van der Waals surface area contributed by atoms with Crippen LogP contribution in [0.1, 0.15) is 131 Å². The van der Waals surface area contributed by atoms with Crippen molar-refractivity contribution in [1.29, 1.82) is 0 Å². The second-order valence-electron chi connectivity index (χ2n) is 8.89. The number of hydrogen-bond donors (Lipinski definition) is 1. The summed E-state index contributed by atoms with van der Waals surface area (Å²) in [4.78, 5) is 36.7. The van der Waals surface area contributed by atoms with Gasteiger partial charge in [-0.05, 0) is 37.1 Å². The van der Waals surface area contributed by atoms with E-state index in [9.17, 15) is 14.4 Å². The fourth-order valence-electron chi connectivity index (χ4n) is 3.75. The molecule has 1 amide bonds. The Morgan fingerprint density at radius 2 is 1.21 bits per heavy atom. The lowest BCUT2D eigenvalue weighted by Gasteiger charge is -2.05. The Bertz CT molecular complexity index is 732. The van der Waals surface area contributed by atoms with E-state index in [1.165, 1.54) is 88.5 Å². The van der Waals surface area contributed by atoms with E-state index in [1.807, 2.05) is 0 Å². The normalized spacial score (nSPS) is 10.7. The van der Waals surface area contributed by atoms with E-state index in [2.05, 4.69) is 19.2 Å². The molecule has 0 atom stereocenters. The Labute approximate surface area is 200 Å². The van der Waals surface area contributed by atoms with Gasteiger partial charge >= 0.3 is 5.97 Å². The Morgan fingerprint density at radius 1 is 0.697 bits per heavy atom. The van der Waals surface area contributed by atoms with E-state index in [4.69, 9.17) is 4.74 Å². The Kier molecular flexibility index (Phi) is 16.9. The number of carbonyl (C=O) groups is 2. The molecule has 0 fully saturated rings. The Morgan fingerprint density at radius 3 is 1.82 bits per heavy atom. The predicted molar refractivity (Wildman–Crippen MR) is 136 cm³/mol. The summed E-state index contributed by atoms with van der Waals surface area (Å²) in [6.07, 6.45) is 18.1. The molecule has 1 aromatic carbocycles. The third-order valence-corrected chi connectivity index (χ3v) is 5.89. The van der Waals surface area contributed by atoms with E-state index < -0.39 is 17.3 Å². The monoisotopic (exact) mass is 459 g/mol. The number of rotatable bonds is 19. The second-order valence-corrected chi connectivity index (χ2v) is 8.89. The lowest BCUT2D eigenvalue weighted by molar-refractivity contribution is 0.0497. The molecule has 33 heavy (non-hydrogen) atoms. The minimum absolute atomic E-state index is 0.0477. The van der Waals surface area contributed by atoms with Gasteiger partial charge in [0.1, 0.15) is 0 Å². The van der Waals surface area contributed by atoms with Crippen molar-refractivity contribution in [1.82, 2.24) is 5.32 Å². The number of hydrogen-bond acceptors (Lipinski definition) is 4. The van der Waals surface area contributed by atoms with Gasteiger partial charge in [0, 0.05) is 6.54 Å². The van der Waals surface area contributed by atoms with Crippen LogP contribution in [0.4, 0.5) is 0 Å². The molecule has 186 valence electrons. The van der Waals surface area contributed by atoms with E-state index in [0.717, 1.165) is 32.1 Å². The Hall–Kier alpha value is -2.17. The van der Waals surface area contributed by atoms with Crippen LogP contribution in [0.3, 0.4) is 0 Å². The van der Waals surface area contributed by atoms with Crippen molar-refractivity contribution in [2.75, 3.05) is 13.2 Å². The topological polar surface area (TPSA) is 72.5 Å². The van der Waals surface area contributed by atoms with Crippen LogP contribution in [0, 0.1) is 0 Å². The van der Waals surface area contributed by atoms with E-state index >= 15 is 0 Å². The molecule has 0 saturated heterocycles. The average Bonchev–Trinajstić information content (AvgIpc) is 3.01. The largest absolute Gasteiger partial charge is 0.462 e. The van der Waals surface area contributed by atoms with Crippen molar-refractivity contribution < 1.29 is 14.3 Å². The minimum atomic E-state index is -0.456. The zero-order valence-corrected chi connectivity index (χ0v) is 21.0. The molecule has 0 aliphatic rings. The van der Waals surface area contributed by atoms with Crippen LogP contribution in [0.2, 0.25) is 0 Å². The molecule has 0 unspecified atom stereocenters. The highest BCUT2D eigenvalue weighted by molar-refractivity contribution is 5.95. The van der Waals surface area contributed by atoms with Crippen molar-refractivity contribution in [3.63, 3.8) is 0 Å². The molecule has 5 heteroatoms. The number of carbonyl (C=O) groups excluding carboxylic acids is 2. The van der Waals surface area contributed by atoms with Gasteiger partial charge in [-0.15, -0.1) is 0 Å². The first-order valence-corrected chi connectivity index (χ1v) is 13.2. The van der Waals surface area contributed by atoms with Crippen LogP contribution in [0.25, 0.3) is 0 Å². The lowest BCUT2D eigenvalue weighted by atomic mass is 10.1. The van der Waals surface area contributed by atoms with Crippen LogP contribution in [0.15, 0.2) is 29.1 Å². The summed E-state index contributed by atoms with van der Waals surface area (Å²) in [5, 5.41) is 2.76. The first-order valence-electron chi connectivity index (χ1n) is 13.2. The van der Waals surface area contributed by atoms with Gasteiger partial charge in [0.2, 0.25) is 0 Å². The molecule has 0 radical (unpaired) electrons. The quantitative estimate of drug-likeness (QED) is 0.182. The van der Waals surface area contributed by atoms with Crippen LogP contribution < -0.4 is 10.7 Å². The number of amides is 1. The fourth-order valence-corrected chi connectivity index (χ4v) is 3.75. The highest BCUT2D eigenvalue weighted by Crippen LogP contribution is 2.12. The standard InChI is InChI=1S/C28H45NO4/c1-3-5-7-8-9-10-11-12-13-14-15-17-23-33-28(32)24-18-20-25(26(30)21-19-24)27(31)29-22-16-6-4-2/h18-21H,3-17,22-23H2,1-2H3,(H,29,31). The number of esters is 1. The molecule has 0 spiro atoms. The van der Waals surface area contributed by atoms with Gasteiger partial charge in [-0.25, -0.2) is 4.79 Å². The summed E-state index contributed by atoms with van der Waals surface area (Å²) in [5.41, 5.74) is -0.0643. The first kappa shape index (κ1) is 28.9. The SMILES string of the molecule is CCCCCCCCCCCCCCOC(=O)c1ccc(C(=O)NCCCCC)c(=O)cc1. The highest BCUT2D eigenvalue weighted by atomic mass is 16.5. The summed E-state index contributed by atoms with van der Waals surface area (Å²) < 4.78 is 5.35. The molecular weight excluding hydrogens is 414 g/mol. The zero-order valence-electron chi connectivity index (χ0n) is 21.0. The smallest absolute Gasteiger partial charge is 0.338 e. The van der Waals surface area contributed by atoms with Gasteiger partial charge in [-0.2, -0.15) is 0 Å². The maximum absolute atomic E-state index is 12.3. The molecule has 0 heterocycles. The van der Waals surface area contributed by atoms with Gasteiger partial charge in [0.05, 0.1) is 17.7 Å². The van der Waals surface area contributed by atoms with Crippen molar-refractivity contribution >= 4 is 11.9 Å². The van der Waals surface area contributed by atoms with Crippen molar-refractivity contribution in [2.45, 2.75) is 110 Å². The molecule has 1 aromatic rings. The summed E-state index contributed by atoms with van der Waals surface area (Å²) in [7, 11) is 0. The van der Waals surface area contributed by atoms with Gasteiger partial charge in [0.15, 0.2) is 5.43 Å². The number of unbranched alkanes of at least 4 members (excludes halogenated alkanes) is 13. The van der Waals surface area contributed by atoms with Crippen LogP contribution in [-0.2, 0) is 4.74 Å². The number of ether oxygens (including phenoxy) is 1. The molecular formula is C28H45NO4. The van der Waals surface area contributed by atoms with Gasteiger partial charge < -0.3 is 10.1 Å². The minimum Gasteiger partial charge on any atom is -0.462 e. The molecule has 0 aliphatic carbocycles. The van der Waals surface area contributed by atoms with Crippen molar-refractivity contribution in [3.8, 4) is 0 Å². The average molecular weight is 460 g/mol. The molecule has 0 aromatic heterocycles. The summed E-state index contributed by atoms with van der Waals surface area (Å²) in [5.74, 6) is -0.855. The zero-order chi connectivity index (χ0) is 24.2. The van der Waals surface area contributed by atoms with Crippen molar-refractivity contribution in [2.24, 2.45) is 0 Å². The molecule has 0 bridgehead atoms. The maximum Gasteiger partial charge on any atom is 0.338 e. The van der Waals surface area contributed by atoms with Gasteiger partial charge in [-0.1, -0.05) is 97.3 Å². The van der Waals surface area contributed by atoms with E-state index in [-0.39, 0.29) is 11.1 Å². The van der Waals surface area contributed by atoms with Gasteiger partial charge in [0.25, 0.3) is 5.91 Å². The third kappa shape index (κ3) is 13.9. The second kappa shape index (κ2) is 19.3. The lowest BCUT2D eigenvalue weighted by Crippen LogP contribution is -2.28. The molecule has 0 aliphatic heterocycles. The predicted octanol–water partition coefficient (Wildman–Crippen LogP) is 6.82. The summed E-state index contributed by atoms with van der Waals surface area (Å²) >= 11 is 0. The number of nitrogens with one attached hydrogen (secondary N) is 1. The molecule has 1 N–H and O–H groups in total. The maximum atomic E-state index is 12.3. The first-order chi connectivity index (χ1) is 16.1. The summed E-state index contributed by atoms with van der Waals surface area (Å²) in [6.45, 7) is 5.26. The third-order valence-electron chi connectivity index (χ3n) is 5.89. The van der Waals surface area contributed by atoms with Crippen LogP contribution in [0.5, 0.6) is 0 Å². The van der Waals surface area contributed by atoms with E-state index in [0.29, 0.717) is 13.2 Å². The molecule has 5 nitrogen and oxygen atoms in total. The Balaban J connectivity index is 2.23. The van der Waals surface area contributed by atoms with Crippen LogP contribution >= 0.6 is 0 Å². The van der Waals surface area contributed by atoms with Crippen molar-refractivity contribution in [3.05, 3.63) is 45.6 Å². The highest BCUT2D eigenvalue weighted by Gasteiger charge is 2.11. The molecule has 0 saturated carbocycles. The van der Waals surface area contributed by atoms with Crippen LogP contribution in [-0.4, -0.2) is 25.0 Å². The summed E-state index contributed by atoms with van der Waals surface area (Å²) in [6, 6.07) is 5.60.